The Labute approximate surface area is 126 Å². The third-order valence-corrected chi connectivity index (χ3v) is 6.79. The molecule has 0 bridgehead atoms. The molecule has 0 spiro atoms. The second-order valence-corrected chi connectivity index (χ2v) is 7.76. The maximum atomic E-state index is 11.0. The van der Waals surface area contributed by atoms with Gasteiger partial charge in [0, 0.05) is 0 Å². The van der Waals surface area contributed by atoms with Gasteiger partial charge < -0.3 is 5.11 Å². The van der Waals surface area contributed by atoms with Crippen LogP contribution in [0.4, 0.5) is 0 Å². The molecular weight excluding hydrogens is 364 g/mol. The Bertz CT molecular complexity index is 362. The molecule has 0 aromatic heterocycles. The van der Waals surface area contributed by atoms with Crippen LogP contribution in [0.5, 0.6) is 0 Å². The van der Waals surface area contributed by atoms with Crippen LogP contribution in [0, 0.1) is 0 Å². The van der Waals surface area contributed by atoms with Crippen molar-refractivity contribution in [2.24, 2.45) is 0 Å². The minimum absolute atomic E-state index is 0.944. The van der Waals surface area contributed by atoms with Crippen molar-refractivity contribution in [1.29, 1.82) is 0 Å². The lowest BCUT2D eigenvalue weighted by molar-refractivity contribution is -0.139. The summed E-state index contributed by atoms with van der Waals surface area (Å²) in [5.41, 5.74) is 0. The first-order chi connectivity index (χ1) is 6.90. The van der Waals surface area contributed by atoms with E-state index in [9.17, 15) is 4.79 Å². The molecule has 0 heterocycles. The zero-order valence-corrected chi connectivity index (χ0v) is 12.4. The topological polar surface area (TPSA) is 37.3 Å². The quantitative estimate of drug-likeness (QED) is 0.559. The largest absolute Gasteiger partial charge is 0.480 e. The van der Waals surface area contributed by atoms with Crippen LogP contribution in [-0.2, 0) is 4.79 Å². The SMILES string of the molecule is O=C(O)C1(Cl)C=CC(Cl)(Cl)C(Cl)(Cl)C1(Cl)Cl. The molecule has 92 valence electrons. The molecule has 1 N–H and O–H groups in total. The molecule has 2 nitrogen and oxygen atoms in total. The fourth-order valence-corrected chi connectivity index (χ4v) is 2.99. The zero-order valence-electron chi connectivity index (χ0n) is 7.16. The van der Waals surface area contributed by atoms with Crippen LogP contribution in [0.15, 0.2) is 12.2 Å². The van der Waals surface area contributed by atoms with Gasteiger partial charge in [0.25, 0.3) is 0 Å². The molecule has 16 heavy (non-hydrogen) atoms. The minimum atomic E-state index is -2.32. The highest BCUT2D eigenvalue weighted by molar-refractivity contribution is 6.73. The number of halogens is 7. The lowest BCUT2D eigenvalue weighted by atomic mass is 9.92. The van der Waals surface area contributed by atoms with E-state index in [4.69, 9.17) is 86.3 Å². The van der Waals surface area contributed by atoms with Gasteiger partial charge >= 0.3 is 5.97 Å². The molecule has 0 aromatic carbocycles. The standard InChI is InChI=1S/C7H3Cl7O2/c8-4(3(15)16)1-2-5(9,10)7(13,14)6(4,11)12/h1-2H,(H,15,16). The summed E-state index contributed by atoms with van der Waals surface area (Å²) < 4.78 is -6.40. The van der Waals surface area contributed by atoms with Crippen LogP contribution in [0.3, 0.4) is 0 Å². The van der Waals surface area contributed by atoms with Crippen molar-refractivity contribution >= 4 is 87.2 Å². The Morgan fingerprint density at radius 3 is 1.69 bits per heavy atom. The van der Waals surface area contributed by atoms with Crippen molar-refractivity contribution < 1.29 is 9.90 Å². The minimum Gasteiger partial charge on any atom is -0.480 e. The van der Waals surface area contributed by atoms with Gasteiger partial charge in [0.05, 0.1) is 0 Å². The van der Waals surface area contributed by atoms with Gasteiger partial charge in [-0.3, -0.25) is 0 Å². The van der Waals surface area contributed by atoms with Crippen LogP contribution in [0.2, 0.25) is 0 Å². The molecule has 1 aliphatic rings. The van der Waals surface area contributed by atoms with Crippen LogP contribution in [0.25, 0.3) is 0 Å². The zero-order chi connectivity index (χ0) is 13.0. The first-order valence-corrected chi connectivity index (χ1v) is 6.31. The average Bonchev–Trinajstić information content (AvgIpc) is 2.11. The van der Waals surface area contributed by atoms with Crippen molar-refractivity contribution in [3.8, 4) is 0 Å². The van der Waals surface area contributed by atoms with E-state index in [0.717, 1.165) is 12.2 Å². The van der Waals surface area contributed by atoms with Crippen LogP contribution in [0.1, 0.15) is 0 Å². The summed E-state index contributed by atoms with van der Waals surface area (Å²) in [7, 11) is 0. The van der Waals surface area contributed by atoms with Crippen molar-refractivity contribution in [2.75, 3.05) is 0 Å². The second kappa shape index (κ2) is 4.12. The van der Waals surface area contributed by atoms with Gasteiger partial charge in [-0.05, 0) is 6.08 Å². The van der Waals surface area contributed by atoms with E-state index >= 15 is 0 Å². The first kappa shape index (κ1) is 15.3. The first-order valence-electron chi connectivity index (χ1n) is 3.66. The maximum absolute atomic E-state index is 11.0. The number of hydrogen-bond acceptors (Lipinski definition) is 1. The summed E-state index contributed by atoms with van der Waals surface area (Å²) >= 11 is 40.6. The molecule has 1 rings (SSSR count). The van der Waals surface area contributed by atoms with Crippen LogP contribution < -0.4 is 0 Å². The summed E-state index contributed by atoms with van der Waals surface area (Å²) in [6.07, 6.45) is 1.97. The van der Waals surface area contributed by atoms with E-state index in [1.54, 1.807) is 0 Å². The Hall–Kier alpha value is 1.24. The van der Waals surface area contributed by atoms with Crippen molar-refractivity contribution in [2.45, 2.75) is 17.9 Å². The third kappa shape index (κ3) is 1.82. The summed E-state index contributed by atoms with van der Waals surface area (Å²) in [4.78, 5) is 8.81. The fourth-order valence-electron chi connectivity index (χ4n) is 1.07. The molecule has 0 aromatic rings. The predicted molar refractivity (Wildman–Crippen MR) is 68.7 cm³/mol. The molecule has 0 fully saturated rings. The number of allylic oxidation sites excluding steroid dienone is 1. The predicted octanol–water partition coefficient (Wildman–Crippen LogP) is 4.14. The number of aliphatic carboxylic acids is 1. The van der Waals surface area contributed by atoms with Gasteiger partial charge in [-0.1, -0.05) is 87.3 Å². The van der Waals surface area contributed by atoms with Gasteiger partial charge in [0.15, 0.2) is 17.9 Å². The van der Waals surface area contributed by atoms with Gasteiger partial charge in [-0.25, -0.2) is 4.79 Å². The molecule has 1 atom stereocenters. The molecule has 1 aliphatic carbocycles. The Morgan fingerprint density at radius 2 is 1.31 bits per heavy atom. The molecule has 0 aliphatic heterocycles. The van der Waals surface area contributed by atoms with E-state index in [-0.39, 0.29) is 0 Å². The summed E-state index contributed by atoms with van der Waals surface area (Å²) in [6.45, 7) is 0. The summed E-state index contributed by atoms with van der Waals surface area (Å²) in [5.74, 6) is -1.52. The second-order valence-electron chi connectivity index (χ2n) is 3.12. The number of carbonyl (C=O) groups is 1. The van der Waals surface area contributed by atoms with Gasteiger partial charge in [0.2, 0.25) is 0 Å². The average molecular weight is 367 g/mol. The Morgan fingerprint density at radius 1 is 0.875 bits per heavy atom. The fraction of sp³-hybridized carbons (Fsp3) is 0.571. The van der Waals surface area contributed by atoms with E-state index in [1.165, 1.54) is 0 Å². The highest BCUT2D eigenvalue weighted by Crippen LogP contribution is 2.63. The van der Waals surface area contributed by atoms with Crippen LogP contribution in [-0.4, -0.2) is 29.0 Å². The highest BCUT2D eigenvalue weighted by atomic mass is 35.5. The number of hydrogen-bond donors (Lipinski definition) is 1. The number of alkyl halides is 7. The van der Waals surface area contributed by atoms with Crippen LogP contribution >= 0.6 is 81.2 Å². The summed E-state index contributed by atoms with van der Waals surface area (Å²) in [5, 5.41) is 8.98. The summed E-state index contributed by atoms with van der Waals surface area (Å²) in [6, 6.07) is 0. The normalized spacial score (nSPS) is 34.7. The molecule has 0 radical (unpaired) electrons. The van der Waals surface area contributed by atoms with E-state index in [0.29, 0.717) is 0 Å². The molecule has 1 unspecified atom stereocenters. The van der Waals surface area contributed by atoms with Gasteiger partial charge in [-0.15, -0.1) is 0 Å². The van der Waals surface area contributed by atoms with Crippen molar-refractivity contribution in [3.63, 3.8) is 0 Å². The third-order valence-electron chi connectivity index (χ3n) is 2.10. The van der Waals surface area contributed by atoms with Crippen molar-refractivity contribution in [3.05, 3.63) is 12.2 Å². The van der Waals surface area contributed by atoms with Crippen molar-refractivity contribution in [1.82, 2.24) is 0 Å². The number of rotatable bonds is 1. The van der Waals surface area contributed by atoms with Gasteiger partial charge in [0.1, 0.15) is 0 Å². The van der Waals surface area contributed by atoms with E-state index < -0.39 is 23.8 Å². The van der Waals surface area contributed by atoms with E-state index in [2.05, 4.69) is 0 Å². The Kier molecular flexibility index (Phi) is 3.94. The Balaban J connectivity index is 3.49. The van der Waals surface area contributed by atoms with E-state index in [1.807, 2.05) is 0 Å². The lowest BCUT2D eigenvalue weighted by Crippen LogP contribution is -2.64. The lowest BCUT2D eigenvalue weighted by Gasteiger charge is -2.48. The number of carboxylic acids is 1. The highest BCUT2D eigenvalue weighted by Gasteiger charge is 2.72. The molecular formula is C7H3Cl7O2. The van der Waals surface area contributed by atoms with Gasteiger partial charge in [-0.2, -0.15) is 0 Å². The maximum Gasteiger partial charge on any atom is 0.332 e. The molecule has 0 amide bonds. The monoisotopic (exact) mass is 364 g/mol. The molecule has 0 saturated carbocycles. The molecule has 9 heteroatoms. The number of carboxylic acid groups (broad SMARTS) is 1. The smallest absolute Gasteiger partial charge is 0.332 e. The molecule has 0 saturated heterocycles.